The molecule has 0 spiro atoms. The summed E-state index contributed by atoms with van der Waals surface area (Å²) in [5.41, 5.74) is 17.4. The first-order valence-corrected chi connectivity index (χ1v) is 23.0. The van der Waals surface area contributed by atoms with E-state index in [0.29, 0.717) is 6.42 Å². The van der Waals surface area contributed by atoms with Gasteiger partial charge in [-0.25, -0.2) is 0 Å². The number of benzene rings is 10. The molecule has 0 N–H and O–H groups in total. The molecule has 0 aliphatic heterocycles. The van der Waals surface area contributed by atoms with Crippen molar-refractivity contribution in [2.75, 3.05) is 0 Å². The second kappa shape index (κ2) is 13.6. The fourth-order valence-electron chi connectivity index (χ4n) is 11.7. The Balaban J connectivity index is 0.926. The molecule has 0 fully saturated rings. The Morgan fingerprint density at radius 1 is 0.254 bits per heavy atom. The minimum Gasteiger partial charge on any atom is -0.309 e. The Labute approximate surface area is 384 Å². The molecule has 0 saturated heterocycles. The predicted molar refractivity (Wildman–Crippen MR) is 277 cm³/mol. The quantitative estimate of drug-likeness (QED) is 0.174. The molecule has 67 heavy (non-hydrogen) atoms. The van der Waals surface area contributed by atoms with Gasteiger partial charge in [0.15, 0.2) is 5.78 Å². The van der Waals surface area contributed by atoms with Crippen LogP contribution >= 0.6 is 0 Å². The van der Waals surface area contributed by atoms with Gasteiger partial charge in [-0.1, -0.05) is 109 Å². The van der Waals surface area contributed by atoms with Crippen LogP contribution in [0.3, 0.4) is 0 Å². The highest BCUT2D eigenvalue weighted by molar-refractivity contribution is 6.19. The molecule has 0 radical (unpaired) electrons. The molecule has 14 aromatic rings. The molecule has 4 aromatic heterocycles. The van der Waals surface area contributed by atoms with Crippen molar-refractivity contribution in [1.82, 2.24) is 18.3 Å². The summed E-state index contributed by atoms with van der Waals surface area (Å²) in [5, 5.41) is 9.46. The number of hydrogen-bond donors (Lipinski definition) is 0. The molecule has 0 amide bonds. The smallest absolute Gasteiger partial charge is 0.167 e. The van der Waals surface area contributed by atoms with Crippen molar-refractivity contribution >= 4 is 93.0 Å². The third kappa shape index (κ3) is 5.05. The topological polar surface area (TPSA) is 36.8 Å². The number of aromatic nitrogens is 4. The maximum absolute atomic E-state index is 14.6. The molecular weight excluding hydrogens is 817 g/mol. The van der Waals surface area contributed by atoms with Crippen molar-refractivity contribution in [2.24, 2.45) is 0 Å². The number of ketones is 1. The Hall–Kier alpha value is -8.93. The molecule has 0 bridgehead atoms. The fourth-order valence-corrected chi connectivity index (χ4v) is 11.7. The third-order valence-electron chi connectivity index (χ3n) is 14.5. The van der Waals surface area contributed by atoms with E-state index in [2.05, 4.69) is 237 Å². The van der Waals surface area contributed by atoms with Gasteiger partial charge >= 0.3 is 0 Å². The summed E-state index contributed by atoms with van der Waals surface area (Å²) < 4.78 is 9.46. The fraction of sp³-hybridized carbons (Fsp3) is 0.0161. The van der Waals surface area contributed by atoms with Gasteiger partial charge in [0.2, 0.25) is 0 Å². The van der Waals surface area contributed by atoms with Crippen molar-refractivity contribution < 1.29 is 4.79 Å². The first kappa shape index (κ1) is 36.4. The molecule has 0 atom stereocenters. The van der Waals surface area contributed by atoms with Crippen LogP contribution in [0, 0.1) is 0 Å². The molecule has 1 aliphatic rings. The largest absolute Gasteiger partial charge is 0.309 e. The lowest BCUT2D eigenvalue weighted by Gasteiger charge is -2.21. The summed E-state index contributed by atoms with van der Waals surface area (Å²) in [6, 6.07) is 78.7. The van der Waals surface area contributed by atoms with Gasteiger partial charge in [0.25, 0.3) is 0 Å². The lowest BCUT2D eigenvalue weighted by molar-refractivity contribution is 0.0992. The van der Waals surface area contributed by atoms with Crippen LogP contribution in [-0.4, -0.2) is 24.1 Å². The average Bonchev–Trinajstić information content (AvgIpc) is 4.10. The van der Waals surface area contributed by atoms with Crippen molar-refractivity contribution in [3.8, 4) is 33.9 Å². The van der Waals surface area contributed by atoms with E-state index in [1.165, 1.54) is 48.9 Å². The lowest BCUT2D eigenvalue weighted by Crippen LogP contribution is -2.13. The lowest BCUT2D eigenvalue weighted by atomic mass is 9.83. The molecule has 0 unspecified atom stereocenters. The van der Waals surface area contributed by atoms with E-state index in [-0.39, 0.29) is 5.78 Å². The number of fused-ring (bicyclic) bond motifs is 15. The van der Waals surface area contributed by atoms with Gasteiger partial charge in [-0.15, -0.1) is 0 Å². The first-order chi connectivity index (χ1) is 33.2. The van der Waals surface area contributed by atoms with Crippen LogP contribution in [0.15, 0.2) is 218 Å². The molecule has 1 aliphatic carbocycles. The number of carbonyl (C=O) groups is 1. The zero-order valence-electron chi connectivity index (χ0n) is 36.2. The molecule has 4 heterocycles. The van der Waals surface area contributed by atoms with Crippen LogP contribution in [0.5, 0.6) is 0 Å². The maximum Gasteiger partial charge on any atom is 0.167 e. The number of carbonyl (C=O) groups excluding carboxylic acids is 1. The van der Waals surface area contributed by atoms with Gasteiger partial charge in [-0.05, 0) is 126 Å². The Morgan fingerprint density at radius 2 is 0.612 bits per heavy atom. The number of nitrogens with zero attached hydrogens (tertiary/aromatic N) is 4. The standard InChI is InChI=1S/C62H38N4O/c67-62-32-38-31-60-51(45-21-9-13-25-56(45)65(60)41-27-29-58-49(33-41)43-19-7-11-23-54(43)63(58)39-15-3-1-4-16-39)35-47(38)48-36-52-46-22-10-14-26-57(46)66(61(52)37-53(48)62)42-28-30-59-50(34-42)44-20-8-12-24-55(44)64(59)40-17-5-2-6-18-40/h1-31,33-37H,32H2. The minimum atomic E-state index is 0.139. The maximum atomic E-state index is 14.6. The molecule has 15 rings (SSSR count). The van der Waals surface area contributed by atoms with Crippen LogP contribution in [0.25, 0.3) is 121 Å². The van der Waals surface area contributed by atoms with E-state index < -0.39 is 0 Å². The van der Waals surface area contributed by atoms with Crippen LogP contribution < -0.4 is 0 Å². The summed E-state index contributed by atoms with van der Waals surface area (Å²) in [6.45, 7) is 0. The summed E-state index contributed by atoms with van der Waals surface area (Å²) in [6.07, 6.45) is 0.333. The Morgan fingerprint density at radius 3 is 1.07 bits per heavy atom. The van der Waals surface area contributed by atoms with Crippen LogP contribution in [0.4, 0.5) is 0 Å². The van der Waals surface area contributed by atoms with Crippen molar-refractivity contribution in [2.45, 2.75) is 6.42 Å². The van der Waals surface area contributed by atoms with E-state index in [1.54, 1.807) is 0 Å². The van der Waals surface area contributed by atoms with E-state index in [1.807, 2.05) is 0 Å². The first-order valence-electron chi connectivity index (χ1n) is 23.0. The highest BCUT2D eigenvalue weighted by Gasteiger charge is 2.28. The van der Waals surface area contributed by atoms with Gasteiger partial charge in [-0.2, -0.15) is 0 Å². The summed E-state index contributed by atoms with van der Waals surface area (Å²) in [7, 11) is 0. The monoisotopic (exact) mass is 854 g/mol. The average molecular weight is 855 g/mol. The summed E-state index contributed by atoms with van der Waals surface area (Å²) in [5.74, 6) is 0.139. The molecular formula is C62H38N4O. The Bertz CT molecular complexity index is 4430. The van der Waals surface area contributed by atoms with Crippen molar-refractivity contribution in [1.29, 1.82) is 0 Å². The van der Waals surface area contributed by atoms with Gasteiger partial charge < -0.3 is 18.3 Å². The van der Waals surface area contributed by atoms with Gasteiger partial charge in [-0.3, -0.25) is 4.79 Å². The second-order valence-electron chi connectivity index (χ2n) is 18.0. The highest BCUT2D eigenvalue weighted by Crippen LogP contribution is 2.45. The van der Waals surface area contributed by atoms with Gasteiger partial charge in [0.05, 0.1) is 44.1 Å². The van der Waals surface area contributed by atoms with Gasteiger partial charge in [0, 0.05) is 77.8 Å². The SMILES string of the molecule is O=C1Cc2cc3c(cc2-c2cc4c5ccccc5n(-c5ccc6c(c5)c5ccccc5n6-c5ccccc5)c4cc21)c1ccccc1n3-c1ccc2c(c1)c1ccccc1n2-c1ccccc1. The number of rotatable bonds is 4. The predicted octanol–water partition coefficient (Wildman–Crippen LogP) is 15.5. The van der Waals surface area contributed by atoms with E-state index in [0.717, 1.165) is 83.4 Å². The van der Waals surface area contributed by atoms with E-state index in [4.69, 9.17) is 0 Å². The van der Waals surface area contributed by atoms with Gasteiger partial charge in [0.1, 0.15) is 0 Å². The highest BCUT2D eigenvalue weighted by atomic mass is 16.1. The molecule has 10 aromatic carbocycles. The van der Waals surface area contributed by atoms with Crippen LogP contribution in [0.1, 0.15) is 15.9 Å². The third-order valence-corrected chi connectivity index (χ3v) is 14.5. The van der Waals surface area contributed by atoms with Crippen molar-refractivity contribution in [3.05, 3.63) is 230 Å². The molecule has 0 saturated carbocycles. The summed E-state index contributed by atoms with van der Waals surface area (Å²) in [4.78, 5) is 14.6. The zero-order valence-corrected chi connectivity index (χ0v) is 36.2. The summed E-state index contributed by atoms with van der Waals surface area (Å²) >= 11 is 0. The normalized spacial score (nSPS) is 12.7. The minimum absolute atomic E-state index is 0.139. The Kier molecular flexibility index (Phi) is 7.36. The second-order valence-corrected chi connectivity index (χ2v) is 18.0. The number of hydrogen-bond acceptors (Lipinski definition) is 1. The zero-order chi connectivity index (χ0) is 43.9. The molecule has 5 nitrogen and oxygen atoms in total. The number of para-hydroxylation sites is 6. The van der Waals surface area contributed by atoms with E-state index >= 15 is 0 Å². The van der Waals surface area contributed by atoms with E-state index in [9.17, 15) is 4.79 Å². The molecule has 5 heteroatoms. The molecule has 312 valence electrons. The van der Waals surface area contributed by atoms with Crippen molar-refractivity contribution in [3.63, 3.8) is 0 Å². The number of Topliss-reactive ketones (excluding diaryl/α,β-unsaturated/α-hetero) is 1. The van der Waals surface area contributed by atoms with Crippen LogP contribution in [0.2, 0.25) is 0 Å². The van der Waals surface area contributed by atoms with Crippen LogP contribution in [-0.2, 0) is 6.42 Å².